The minimum absolute atomic E-state index is 0.143. The minimum Gasteiger partial charge on any atom is -0.464 e. The number of rotatable bonds is 3. The summed E-state index contributed by atoms with van der Waals surface area (Å²) in [6.07, 6.45) is 10.2. The van der Waals surface area contributed by atoms with Crippen molar-refractivity contribution in [3.05, 3.63) is 103 Å². The molecule has 0 fully saturated rings. The van der Waals surface area contributed by atoms with Crippen molar-refractivity contribution in [2.75, 3.05) is 6.54 Å². The summed E-state index contributed by atoms with van der Waals surface area (Å²) in [4.78, 5) is 34.5. The molecule has 0 radical (unpaired) electrons. The van der Waals surface area contributed by atoms with Crippen molar-refractivity contribution >= 4 is 22.4 Å². The normalized spacial score (nSPS) is 13.1. The molecule has 3 N–H and O–H groups in total. The molecule has 1 aliphatic rings. The van der Waals surface area contributed by atoms with E-state index in [1.807, 2.05) is 36.4 Å². The van der Waals surface area contributed by atoms with Gasteiger partial charge in [0.25, 0.3) is 5.91 Å². The van der Waals surface area contributed by atoms with Crippen LogP contribution in [0.25, 0.3) is 27.8 Å². The maximum absolute atomic E-state index is 12.9. The second kappa shape index (κ2) is 10.0. The third kappa shape index (κ3) is 4.79. The molecule has 9 nitrogen and oxygen atoms in total. The lowest BCUT2D eigenvalue weighted by Gasteiger charge is -2.27. The lowest BCUT2D eigenvalue weighted by atomic mass is 10.1. The number of furan rings is 1. The van der Waals surface area contributed by atoms with Crippen LogP contribution in [0.3, 0.4) is 0 Å². The van der Waals surface area contributed by atoms with E-state index in [1.165, 1.54) is 12.5 Å². The molecule has 1 aliphatic heterocycles. The minimum atomic E-state index is -0.143. The lowest BCUT2D eigenvalue weighted by Crippen LogP contribution is -2.36. The van der Waals surface area contributed by atoms with Crippen LogP contribution < -0.4 is 5.73 Å². The Kier molecular flexibility index (Phi) is 6.29. The van der Waals surface area contributed by atoms with E-state index >= 15 is 0 Å². The van der Waals surface area contributed by atoms with Gasteiger partial charge in [-0.3, -0.25) is 9.78 Å². The first-order valence-electron chi connectivity index (χ1n) is 11.1. The number of aromatic amines is 1. The first kappa shape index (κ1) is 22.0. The topological polar surface area (TPSA) is 127 Å². The van der Waals surface area contributed by atoms with Crippen LogP contribution in [-0.4, -0.2) is 42.3 Å². The van der Waals surface area contributed by atoms with Crippen LogP contribution in [-0.2, 0) is 17.8 Å². The van der Waals surface area contributed by atoms with E-state index in [1.54, 1.807) is 42.0 Å². The van der Waals surface area contributed by atoms with Crippen LogP contribution in [0.2, 0.25) is 0 Å². The average molecular weight is 466 g/mol. The molecule has 0 saturated heterocycles. The Labute approximate surface area is 201 Å². The van der Waals surface area contributed by atoms with Gasteiger partial charge >= 0.3 is 0 Å². The van der Waals surface area contributed by atoms with Crippen LogP contribution in [0.15, 0.2) is 90.5 Å². The Morgan fingerprint density at radius 3 is 2.77 bits per heavy atom. The second-order valence-electron chi connectivity index (χ2n) is 7.87. The molecule has 5 heterocycles. The third-order valence-corrected chi connectivity index (χ3v) is 5.74. The molecule has 9 heteroatoms. The van der Waals surface area contributed by atoms with E-state index in [-0.39, 0.29) is 5.91 Å². The van der Waals surface area contributed by atoms with Gasteiger partial charge in [0.15, 0.2) is 0 Å². The largest absolute Gasteiger partial charge is 0.464 e. The molecule has 6 rings (SSSR count). The quantitative estimate of drug-likeness (QED) is 0.390. The number of hydrogen-bond donors (Lipinski definition) is 2. The van der Waals surface area contributed by atoms with E-state index in [0.29, 0.717) is 24.4 Å². The van der Waals surface area contributed by atoms with Crippen molar-refractivity contribution in [1.29, 1.82) is 0 Å². The molecule has 0 aliphatic carbocycles. The molecule has 174 valence electrons. The molecule has 0 saturated carbocycles. The highest BCUT2D eigenvalue weighted by Gasteiger charge is 2.25. The van der Waals surface area contributed by atoms with E-state index in [4.69, 9.17) is 10.2 Å². The zero-order valence-corrected chi connectivity index (χ0v) is 18.8. The number of hydrogen-bond acceptors (Lipinski definition) is 7. The number of nitrogens with two attached hydrogens (primary N) is 1. The number of imidazole rings is 1. The predicted octanol–water partition coefficient (Wildman–Crippen LogP) is 3.58. The van der Waals surface area contributed by atoms with Crippen molar-refractivity contribution < 1.29 is 9.21 Å². The predicted molar refractivity (Wildman–Crippen MR) is 131 cm³/mol. The molecule has 4 aromatic heterocycles. The molecule has 0 spiro atoms. The number of carbonyl (C=O) groups excluding carboxylic acids is 1. The number of amides is 1. The van der Waals surface area contributed by atoms with Gasteiger partial charge in [0.2, 0.25) is 0 Å². The fourth-order valence-corrected chi connectivity index (χ4v) is 3.89. The summed E-state index contributed by atoms with van der Waals surface area (Å²) in [6.45, 7) is 1.09. The number of nitrogens with zero attached hydrogens (tertiary/aromatic N) is 5. The molecular formula is C26H23N7O2. The first-order valence-corrected chi connectivity index (χ1v) is 11.1. The summed E-state index contributed by atoms with van der Waals surface area (Å²) in [7, 11) is 0. The smallest absolute Gasteiger partial charge is 0.257 e. The van der Waals surface area contributed by atoms with Gasteiger partial charge in [-0.25, -0.2) is 15.0 Å². The Morgan fingerprint density at radius 2 is 2.00 bits per heavy atom. The second-order valence-corrected chi connectivity index (χ2v) is 7.87. The highest BCUT2D eigenvalue weighted by molar-refractivity contribution is 6.18. The van der Waals surface area contributed by atoms with Crippen molar-refractivity contribution in [2.24, 2.45) is 5.73 Å². The highest BCUT2D eigenvalue weighted by atomic mass is 16.3. The Bertz CT molecular complexity index is 1430. The standard InChI is InChI=1S/C18H17N7O.C8H6O/c19-7-13(18(26)25-6-4-16-17(9-25)24-11-23-16)15-2-1-12(8-21-15)14-3-5-20-10-22-14;1-2-4-8-7(3-1)5-6-9-8/h1-3,5,7-8,10-11H,4,6,9,19H2,(H,23,24);1-6H/b13-7+;. The van der Waals surface area contributed by atoms with E-state index in [0.717, 1.165) is 40.0 Å². The van der Waals surface area contributed by atoms with E-state index in [9.17, 15) is 4.79 Å². The molecule has 1 aromatic carbocycles. The van der Waals surface area contributed by atoms with Gasteiger partial charge in [-0.1, -0.05) is 18.2 Å². The number of para-hydroxylation sites is 1. The van der Waals surface area contributed by atoms with Crippen LogP contribution in [0, 0.1) is 0 Å². The average Bonchev–Trinajstić information content (AvgIpc) is 3.59. The van der Waals surface area contributed by atoms with Gasteiger partial charge in [-0.15, -0.1) is 0 Å². The Morgan fingerprint density at radius 1 is 1.09 bits per heavy atom. The van der Waals surface area contributed by atoms with Crippen LogP contribution in [0.4, 0.5) is 0 Å². The third-order valence-electron chi connectivity index (χ3n) is 5.74. The number of pyridine rings is 1. The van der Waals surface area contributed by atoms with Gasteiger partial charge in [0.1, 0.15) is 11.9 Å². The number of H-pyrrole nitrogens is 1. The number of nitrogens with one attached hydrogen (secondary N) is 1. The molecule has 35 heavy (non-hydrogen) atoms. The van der Waals surface area contributed by atoms with Crippen LogP contribution in [0.5, 0.6) is 0 Å². The summed E-state index contributed by atoms with van der Waals surface area (Å²) in [5.41, 5.74) is 11.2. The van der Waals surface area contributed by atoms with Gasteiger partial charge in [-0.05, 0) is 30.3 Å². The number of fused-ring (bicyclic) bond motifs is 2. The van der Waals surface area contributed by atoms with Crippen LogP contribution >= 0.6 is 0 Å². The molecule has 0 bridgehead atoms. The Balaban J connectivity index is 0.000000234. The summed E-state index contributed by atoms with van der Waals surface area (Å²) >= 11 is 0. The summed E-state index contributed by atoms with van der Waals surface area (Å²) in [6, 6.07) is 15.3. The lowest BCUT2D eigenvalue weighted by molar-refractivity contribution is -0.126. The highest BCUT2D eigenvalue weighted by Crippen LogP contribution is 2.22. The number of aromatic nitrogens is 5. The SMILES string of the molecule is N/C=C(/C(=O)N1CCc2nc[nH]c2C1)c1ccc(-c2ccncn2)cn1.c1ccc2occc2c1. The van der Waals surface area contributed by atoms with Crippen molar-refractivity contribution in [3.63, 3.8) is 0 Å². The number of benzene rings is 1. The summed E-state index contributed by atoms with van der Waals surface area (Å²) in [5, 5.41) is 1.16. The van der Waals surface area contributed by atoms with E-state index in [2.05, 4.69) is 24.9 Å². The summed E-state index contributed by atoms with van der Waals surface area (Å²) < 4.78 is 5.12. The first-order chi connectivity index (χ1) is 17.2. The molecule has 1 amide bonds. The van der Waals surface area contributed by atoms with Gasteiger partial charge in [0, 0.05) is 42.5 Å². The fraction of sp³-hybridized carbons (Fsp3) is 0.115. The zero-order valence-electron chi connectivity index (χ0n) is 18.8. The van der Waals surface area contributed by atoms with Gasteiger partial charge in [-0.2, -0.15) is 0 Å². The molecule has 0 unspecified atom stereocenters. The molecule has 5 aromatic rings. The van der Waals surface area contributed by atoms with Crippen LogP contribution in [0.1, 0.15) is 17.1 Å². The van der Waals surface area contributed by atoms with Gasteiger partial charge < -0.3 is 20.0 Å². The van der Waals surface area contributed by atoms with E-state index < -0.39 is 0 Å². The molecular weight excluding hydrogens is 442 g/mol. The maximum Gasteiger partial charge on any atom is 0.257 e. The van der Waals surface area contributed by atoms with Gasteiger partial charge in [0.05, 0.1) is 47.5 Å². The fourth-order valence-electron chi connectivity index (χ4n) is 3.89. The Hall–Kier alpha value is -4.79. The van der Waals surface area contributed by atoms with Crippen molar-refractivity contribution in [3.8, 4) is 11.3 Å². The van der Waals surface area contributed by atoms with Crippen molar-refractivity contribution in [1.82, 2.24) is 29.8 Å². The zero-order chi connectivity index (χ0) is 24.0. The van der Waals surface area contributed by atoms with Crippen molar-refractivity contribution in [2.45, 2.75) is 13.0 Å². The monoisotopic (exact) mass is 465 g/mol. The number of carbonyl (C=O) groups is 1. The maximum atomic E-state index is 12.9. The molecule has 0 atom stereocenters. The summed E-state index contributed by atoms with van der Waals surface area (Å²) in [5.74, 6) is -0.143.